The van der Waals surface area contributed by atoms with Crippen molar-refractivity contribution in [1.82, 2.24) is 24.4 Å². The summed E-state index contributed by atoms with van der Waals surface area (Å²) in [6.45, 7) is 5.24. The minimum absolute atomic E-state index is 0.186. The summed E-state index contributed by atoms with van der Waals surface area (Å²) in [4.78, 5) is 33.6. The number of thiazole rings is 1. The summed E-state index contributed by atoms with van der Waals surface area (Å²) < 4.78 is 15.5. The number of hydrogen-bond acceptors (Lipinski definition) is 9. The summed E-state index contributed by atoms with van der Waals surface area (Å²) in [5, 5.41) is 0.981. The molecule has 3 aromatic heterocycles. The highest BCUT2D eigenvalue weighted by molar-refractivity contribution is 7.18. The SMILES string of the molecule is O=C=O.c1cc(OCc2nc3ccccc3s2)nc([C@]23CCN(Cc4nc5ccccc5n4C[C@@H]4CCO4)C[C@H]2C3)c1. The number of aromatic nitrogens is 4. The first-order valence-electron chi connectivity index (χ1n) is 14.4. The van der Waals surface area contributed by atoms with Crippen molar-refractivity contribution in [1.29, 1.82) is 0 Å². The molecule has 0 amide bonds. The van der Waals surface area contributed by atoms with E-state index in [1.54, 1.807) is 11.3 Å². The first-order valence-corrected chi connectivity index (χ1v) is 15.2. The molecular formula is C32H31N5O4S. The van der Waals surface area contributed by atoms with Gasteiger partial charge in [-0.25, -0.2) is 15.0 Å². The second-order valence-electron chi connectivity index (χ2n) is 11.3. The van der Waals surface area contributed by atoms with Crippen molar-refractivity contribution in [2.24, 2.45) is 5.92 Å². The van der Waals surface area contributed by atoms with E-state index in [0.717, 1.165) is 67.5 Å². The van der Waals surface area contributed by atoms with Crippen LogP contribution < -0.4 is 4.74 Å². The summed E-state index contributed by atoms with van der Waals surface area (Å²) >= 11 is 1.68. The number of carbonyl (C=O) groups excluding carboxylic acids is 2. The molecule has 2 aliphatic heterocycles. The van der Waals surface area contributed by atoms with Gasteiger partial charge in [0, 0.05) is 24.6 Å². The number of piperidine rings is 1. The molecule has 0 spiro atoms. The topological polar surface area (TPSA) is 99.4 Å². The molecule has 0 bridgehead atoms. The fraction of sp³-hybridized carbons (Fsp3) is 0.375. The van der Waals surface area contributed by atoms with Gasteiger partial charge in [-0.2, -0.15) is 9.59 Å². The van der Waals surface area contributed by atoms with E-state index in [-0.39, 0.29) is 11.6 Å². The van der Waals surface area contributed by atoms with Gasteiger partial charge < -0.3 is 14.0 Å². The predicted molar refractivity (Wildman–Crippen MR) is 157 cm³/mol. The Morgan fingerprint density at radius 2 is 1.81 bits per heavy atom. The normalized spacial score (nSPS) is 23.0. The number of likely N-dealkylation sites (tertiary alicyclic amines) is 1. The maximum absolute atomic E-state index is 8.12. The highest BCUT2D eigenvalue weighted by atomic mass is 32.1. The molecule has 0 radical (unpaired) electrons. The zero-order chi connectivity index (χ0) is 28.5. The molecule has 3 atom stereocenters. The molecule has 8 rings (SSSR count). The van der Waals surface area contributed by atoms with Gasteiger partial charge in [0.1, 0.15) is 17.4 Å². The number of benzene rings is 2. The van der Waals surface area contributed by atoms with Crippen molar-refractivity contribution in [3.63, 3.8) is 0 Å². The minimum Gasteiger partial charge on any atom is -0.470 e. The van der Waals surface area contributed by atoms with Crippen LogP contribution in [0.25, 0.3) is 21.3 Å². The van der Waals surface area contributed by atoms with Gasteiger partial charge >= 0.3 is 6.15 Å². The monoisotopic (exact) mass is 581 g/mol. The second-order valence-corrected chi connectivity index (χ2v) is 12.4. The Labute approximate surface area is 247 Å². The summed E-state index contributed by atoms with van der Waals surface area (Å²) in [5.41, 5.74) is 4.69. The zero-order valence-corrected chi connectivity index (χ0v) is 24.0. The molecule has 5 heterocycles. The Morgan fingerprint density at radius 3 is 2.60 bits per heavy atom. The van der Waals surface area contributed by atoms with E-state index in [2.05, 4.69) is 51.9 Å². The third-order valence-electron chi connectivity index (χ3n) is 8.78. The summed E-state index contributed by atoms with van der Waals surface area (Å²) in [5.74, 6) is 2.48. The standard InChI is InChI=1S/C31H31N5O2S.CO2/c1-3-8-25-23(6-1)32-28(36(25)18-22-12-15-37-22)19-35-14-13-31(16-21(31)17-35)27-10-5-11-29(34-27)38-20-30-33-24-7-2-4-9-26(24)39-30;2-1-3/h1-11,21-22H,12-20H2;/t21-,22+,31+;/m1./s1. The van der Waals surface area contributed by atoms with Crippen molar-refractivity contribution in [2.45, 2.75) is 50.5 Å². The Morgan fingerprint density at radius 1 is 1.00 bits per heavy atom. The van der Waals surface area contributed by atoms with E-state index in [9.17, 15) is 0 Å². The van der Waals surface area contributed by atoms with E-state index >= 15 is 0 Å². The lowest BCUT2D eigenvalue weighted by molar-refractivity contribution is -0.191. The van der Waals surface area contributed by atoms with Crippen LogP contribution in [0, 0.1) is 5.92 Å². The van der Waals surface area contributed by atoms with Crippen LogP contribution in [0.5, 0.6) is 5.88 Å². The quantitative estimate of drug-likeness (QED) is 0.253. The Hall–Kier alpha value is -3.95. The fourth-order valence-electron chi connectivity index (χ4n) is 6.44. The molecular weight excluding hydrogens is 550 g/mol. The van der Waals surface area contributed by atoms with Crippen LogP contribution in [-0.4, -0.2) is 56.4 Å². The number of imidazole rings is 1. The van der Waals surface area contributed by atoms with Crippen molar-refractivity contribution in [3.8, 4) is 5.88 Å². The molecule has 1 saturated carbocycles. The number of pyridine rings is 1. The first kappa shape index (κ1) is 26.9. The van der Waals surface area contributed by atoms with Crippen molar-refractivity contribution >= 4 is 38.7 Å². The number of hydrogen-bond donors (Lipinski definition) is 0. The molecule has 2 saturated heterocycles. The third-order valence-corrected chi connectivity index (χ3v) is 9.79. The van der Waals surface area contributed by atoms with Crippen molar-refractivity contribution < 1.29 is 19.1 Å². The van der Waals surface area contributed by atoms with Crippen molar-refractivity contribution in [2.75, 3.05) is 19.7 Å². The van der Waals surface area contributed by atoms with E-state index in [4.69, 9.17) is 34.0 Å². The maximum atomic E-state index is 8.12. The maximum Gasteiger partial charge on any atom is 0.373 e. The molecule has 3 fully saturated rings. The van der Waals surface area contributed by atoms with Gasteiger partial charge in [-0.05, 0) is 62.1 Å². The van der Waals surface area contributed by atoms with E-state index < -0.39 is 0 Å². The van der Waals surface area contributed by atoms with Crippen LogP contribution in [-0.2, 0) is 39.4 Å². The minimum atomic E-state index is 0.186. The van der Waals surface area contributed by atoms with E-state index in [1.165, 1.54) is 22.3 Å². The average molecular weight is 582 g/mol. The number of nitrogens with zero attached hydrogens (tertiary/aromatic N) is 5. The van der Waals surface area contributed by atoms with Crippen molar-refractivity contribution in [3.05, 3.63) is 83.3 Å². The lowest BCUT2D eigenvalue weighted by Crippen LogP contribution is -2.37. The Balaban J connectivity index is 0.000000923. The molecule has 5 aromatic rings. The average Bonchev–Trinajstić information content (AvgIpc) is 3.41. The van der Waals surface area contributed by atoms with Gasteiger partial charge in [-0.3, -0.25) is 4.90 Å². The smallest absolute Gasteiger partial charge is 0.373 e. The lowest BCUT2D eigenvalue weighted by Gasteiger charge is -2.32. The largest absolute Gasteiger partial charge is 0.470 e. The number of ether oxygens (including phenoxy) is 2. The molecule has 214 valence electrons. The van der Waals surface area contributed by atoms with Gasteiger partial charge in [0.2, 0.25) is 5.88 Å². The summed E-state index contributed by atoms with van der Waals surface area (Å²) in [7, 11) is 0. The van der Waals surface area contributed by atoms with Crippen LogP contribution in [0.3, 0.4) is 0 Å². The Bertz CT molecular complexity index is 1730. The van der Waals surface area contributed by atoms with Gasteiger partial charge in [0.15, 0.2) is 0 Å². The number of rotatable bonds is 8. The predicted octanol–water partition coefficient (Wildman–Crippen LogP) is 4.99. The number of para-hydroxylation sites is 3. The summed E-state index contributed by atoms with van der Waals surface area (Å²) in [6, 6.07) is 23.0. The van der Waals surface area contributed by atoms with Gasteiger partial charge in [0.05, 0.1) is 46.1 Å². The van der Waals surface area contributed by atoms with Crippen LogP contribution >= 0.6 is 11.3 Å². The molecule has 9 nitrogen and oxygen atoms in total. The highest BCUT2D eigenvalue weighted by Crippen LogP contribution is 2.59. The van der Waals surface area contributed by atoms with Crippen LogP contribution in [0.15, 0.2) is 66.7 Å². The first-order chi connectivity index (χ1) is 20.6. The van der Waals surface area contributed by atoms with E-state index in [0.29, 0.717) is 24.5 Å². The molecule has 0 N–H and O–H groups in total. The second kappa shape index (κ2) is 11.4. The third kappa shape index (κ3) is 5.23. The molecule has 3 aliphatic rings. The van der Waals surface area contributed by atoms with Crippen LogP contribution in [0.1, 0.15) is 35.8 Å². The molecule has 2 aromatic carbocycles. The van der Waals surface area contributed by atoms with Gasteiger partial charge in [0.25, 0.3) is 0 Å². The molecule has 1 aliphatic carbocycles. The zero-order valence-electron chi connectivity index (χ0n) is 23.1. The van der Waals surface area contributed by atoms with Gasteiger partial charge in [-0.15, -0.1) is 11.3 Å². The van der Waals surface area contributed by atoms with Crippen LogP contribution in [0.2, 0.25) is 0 Å². The molecule has 0 unspecified atom stereocenters. The summed E-state index contributed by atoms with van der Waals surface area (Å²) in [6.07, 6.45) is 4.02. The highest BCUT2D eigenvalue weighted by Gasteiger charge is 2.58. The van der Waals surface area contributed by atoms with E-state index in [1.807, 2.05) is 24.3 Å². The fourth-order valence-corrected chi connectivity index (χ4v) is 7.32. The van der Waals surface area contributed by atoms with Gasteiger partial charge in [-0.1, -0.05) is 30.3 Å². The molecule has 42 heavy (non-hydrogen) atoms. The van der Waals surface area contributed by atoms with Crippen LogP contribution in [0.4, 0.5) is 0 Å². The Kier molecular flexibility index (Phi) is 7.29. The lowest BCUT2D eigenvalue weighted by atomic mass is 9.91. The number of fused-ring (bicyclic) bond motifs is 3. The molecule has 10 heteroatoms.